The van der Waals surface area contributed by atoms with E-state index >= 15 is 0 Å². The number of esters is 1. The fraction of sp³-hybridized carbons (Fsp3) is 0.143. The summed E-state index contributed by atoms with van der Waals surface area (Å²) >= 11 is 0. The minimum atomic E-state index is -0.439. The highest BCUT2D eigenvalue weighted by atomic mass is 16.5. The average molecular weight is 243 g/mol. The molecule has 0 aliphatic carbocycles. The third-order valence-electron chi connectivity index (χ3n) is 2.66. The fourth-order valence-electron chi connectivity index (χ4n) is 1.78. The third kappa shape index (κ3) is 2.24. The van der Waals surface area contributed by atoms with Crippen LogP contribution in [0.1, 0.15) is 15.9 Å². The van der Waals surface area contributed by atoms with Gasteiger partial charge in [0.2, 0.25) is 0 Å². The molecule has 0 aliphatic heterocycles. The number of nitrogens with zero attached hydrogens (tertiary/aromatic N) is 1. The minimum Gasteiger partial charge on any atom is -0.465 e. The van der Waals surface area contributed by atoms with Gasteiger partial charge >= 0.3 is 5.97 Å². The Balaban J connectivity index is 2.60. The van der Waals surface area contributed by atoms with Crippen molar-refractivity contribution in [2.75, 3.05) is 7.11 Å². The largest absolute Gasteiger partial charge is 0.465 e. The normalized spacial score (nSPS) is 10.1. The topological polar surface area (TPSA) is 59.4 Å². The zero-order chi connectivity index (χ0) is 13.0. The summed E-state index contributed by atoms with van der Waals surface area (Å²) in [4.78, 5) is 15.9. The number of methoxy groups -OCH3 is 1. The van der Waals surface area contributed by atoms with Crippen molar-refractivity contribution in [2.45, 2.75) is 6.61 Å². The van der Waals surface area contributed by atoms with Crippen molar-refractivity contribution in [2.24, 2.45) is 0 Å². The maximum atomic E-state index is 11.7. The number of benzene rings is 1. The van der Waals surface area contributed by atoms with E-state index in [9.17, 15) is 9.90 Å². The molecule has 0 saturated heterocycles. The van der Waals surface area contributed by atoms with Gasteiger partial charge in [-0.25, -0.2) is 4.79 Å². The second kappa shape index (κ2) is 5.42. The Hall–Kier alpha value is -2.20. The molecule has 92 valence electrons. The zero-order valence-corrected chi connectivity index (χ0v) is 9.96. The summed E-state index contributed by atoms with van der Waals surface area (Å²) in [5, 5.41) is 9.32. The van der Waals surface area contributed by atoms with Crippen molar-refractivity contribution in [1.82, 2.24) is 4.98 Å². The molecule has 1 N–H and O–H groups in total. The molecule has 18 heavy (non-hydrogen) atoms. The predicted octanol–water partition coefficient (Wildman–Crippen LogP) is 2.03. The van der Waals surface area contributed by atoms with E-state index in [4.69, 9.17) is 4.74 Å². The molecule has 0 amide bonds. The van der Waals surface area contributed by atoms with Crippen LogP contribution >= 0.6 is 0 Å². The summed E-state index contributed by atoms with van der Waals surface area (Å²) < 4.78 is 4.73. The Morgan fingerprint density at radius 1 is 1.28 bits per heavy atom. The Kier molecular flexibility index (Phi) is 3.69. The molecule has 0 spiro atoms. The molecule has 0 fully saturated rings. The number of pyridine rings is 1. The van der Waals surface area contributed by atoms with Gasteiger partial charge in [0, 0.05) is 11.8 Å². The van der Waals surface area contributed by atoms with Crippen molar-refractivity contribution in [1.29, 1.82) is 0 Å². The number of carbonyl (C=O) groups excluding carboxylic acids is 1. The van der Waals surface area contributed by atoms with Gasteiger partial charge < -0.3 is 9.84 Å². The Morgan fingerprint density at radius 2 is 2.06 bits per heavy atom. The molecule has 4 heteroatoms. The zero-order valence-electron chi connectivity index (χ0n) is 9.96. The van der Waals surface area contributed by atoms with Crippen LogP contribution < -0.4 is 0 Å². The lowest BCUT2D eigenvalue weighted by Crippen LogP contribution is -2.05. The van der Waals surface area contributed by atoms with Gasteiger partial charge in [0.05, 0.1) is 25.0 Å². The van der Waals surface area contributed by atoms with E-state index in [1.54, 1.807) is 24.4 Å². The van der Waals surface area contributed by atoms with E-state index in [0.29, 0.717) is 11.3 Å². The highest BCUT2D eigenvalue weighted by Crippen LogP contribution is 2.25. The molecule has 0 saturated carbocycles. The van der Waals surface area contributed by atoms with Crippen LogP contribution in [-0.2, 0) is 11.3 Å². The SMILES string of the molecule is COC(=O)c1cccnc1-c1ccccc1CO. The highest BCUT2D eigenvalue weighted by molar-refractivity contribution is 5.96. The Labute approximate surface area is 105 Å². The maximum Gasteiger partial charge on any atom is 0.340 e. The van der Waals surface area contributed by atoms with Crippen molar-refractivity contribution >= 4 is 5.97 Å². The summed E-state index contributed by atoms with van der Waals surface area (Å²) in [6.07, 6.45) is 1.61. The summed E-state index contributed by atoms with van der Waals surface area (Å²) in [5.41, 5.74) is 2.37. The molecule has 0 radical (unpaired) electrons. The number of carbonyl (C=O) groups is 1. The van der Waals surface area contributed by atoms with E-state index in [0.717, 1.165) is 11.1 Å². The number of ether oxygens (including phenoxy) is 1. The molecule has 1 aromatic heterocycles. The van der Waals surface area contributed by atoms with E-state index in [-0.39, 0.29) is 6.61 Å². The van der Waals surface area contributed by atoms with Crippen LogP contribution in [0.3, 0.4) is 0 Å². The smallest absolute Gasteiger partial charge is 0.340 e. The van der Waals surface area contributed by atoms with Gasteiger partial charge in [0.1, 0.15) is 0 Å². The van der Waals surface area contributed by atoms with E-state index < -0.39 is 5.97 Å². The molecule has 0 bridgehead atoms. The van der Waals surface area contributed by atoms with Crippen LogP contribution in [0.4, 0.5) is 0 Å². The number of aliphatic hydroxyl groups is 1. The van der Waals surface area contributed by atoms with Crippen molar-refractivity contribution in [3.63, 3.8) is 0 Å². The Bertz CT molecular complexity index is 566. The van der Waals surface area contributed by atoms with Crippen LogP contribution in [0.5, 0.6) is 0 Å². The van der Waals surface area contributed by atoms with Gasteiger partial charge in [-0.05, 0) is 17.7 Å². The summed E-state index contributed by atoms with van der Waals surface area (Å²) in [7, 11) is 1.33. The summed E-state index contributed by atoms with van der Waals surface area (Å²) in [6.45, 7) is -0.104. The van der Waals surface area contributed by atoms with Crippen LogP contribution in [-0.4, -0.2) is 23.2 Å². The Morgan fingerprint density at radius 3 is 2.78 bits per heavy atom. The number of aromatic nitrogens is 1. The van der Waals surface area contributed by atoms with Gasteiger partial charge in [-0.15, -0.1) is 0 Å². The highest BCUT2D eigenvalue weighted by Gasteiger charge is 2.15. The average Bonchev–Trinajstić information content (AvgIpc) is 2.46. The monoisotopic (exact) mass is 243 g/mol. The lowest BCUT2D eigenvalue weighted by molar-refractivity contribution is 0.0601. The second-order valence-corrected chi connectivity index (χ2v) is 3.71. The van der Waals surface area contributed by atoms with E-state index in [1.165, 1.54) is 7.11 Å². The van der Waals surface area contributed by atoms with E-state index in [2.05, 4.69) is 4.98 Å². The standard InChI is InChI=1S/C14H13NO3/c1-18-14(17)12-7-4-8-15-13(12)11-6-3-2-5-10(11)9-16/h2-8,16H,9H2,1H3. The van der Waals surface area contributed by atoms with Crippen LogP contribution in [0, 0.1) is 0 Å². The molecule has 0 atom stereocenters. The fourth-order valence-corrected chi connectivity index (χ4v) is 1.78. The maximum absolute atomic E-state index is 11.7. The molecule has 2 rings (SSSR count). The number of aliphatic hydroxyl groups excluding tert-OH is 1. The number of hydrogen-bond donors (Lipinski definition) is 1. The van der Waals surface area contributed by atoms with Gasteiger partial charge in [-0.3, -0.25) is 4.98 Å². The quantitative estimate of drug-likeness (QED) is 0.838. The minimum absolute atomic E-state index is 0.104. The van der Waals surface area contributed by atoms with Crippen molar-refractivity contribution in [3.05, 3.63) is 53.7 Å². The van der Waals surface area contributed by atoms with Gasteiger partial charge in [0.15, 0.2) is 0 Å². The van der Waals surface area contributed by atoms with Gasteiger partial charge in [0.25, 0.3) is 0 Å². The molecule has 1 aromatic carbocycles. The van der Waals surface area contributed by atoms with Gasteiger partial charge in [-0.2, -0.15) is 0 Å². The van der Waals surface area contributed by atoms with Crippen LogP contribution in [0.15, 0.2) is 42.6 Å². The molecular formula is C14H13NO3. The van der Waals surface area contributed by atoms with Gasteiger partial charge in [-0.1, -0.05) is 24.3 Å². The third-order valence-corrected chi connectivity index (χ3v) is 2.66. The molecule has 0 aliphatic rings. The summed E-state index contributed by atoms with van der Waals surface area (Å²) in [5.74, 6) is -0.439. The van der Waals surface area contributed by atoms with Crippen LogP contribution in [0.25, 0.3) is 11.3 Å². The number of rotatable bonds is 3. The molecular weight excluding hydrogens is 230 g/mol. The summed E-state index contributed by atoms with van der Waals surface area (Å²) in [6, 6.07) is 10.6. The first kappa shape index (κ1) is 12.3. The molecule has 4 nitrogen and oxygen atoms in total. The molecule has 1 heterocycles. The molecule has 2 aromatic rings. The molecule has 0 unspecified atom stereocenters. The van der Waals surface area contributed by atoms with Crippen LogP contribution in [0.2, 0.25) is 0 Å². The first-order chi connectivity index (χ1) is 8.77. The second-order valence-electron chi connectivity index (χ2n) is 3.71. The van der Waals surface area contributed by atoms with Crippen molar-refractivity contribution in [3.8, 4) is 11.3 Å². The van der Waals surface area contributed by atoms with Crippen molar-refractivity contribution < 1.29 is 14.6 Å². The first-order valence-electron chi connectivity index (χ1n) is 5.50. The first-order valence-corrected chi connectivity index (χ1v) is 5.50. The van der Waals surface area contributed by atoms with E-state index in [1.807, 2.05) is 18.2 Å². The predicted molar refractivity (Wildman–Crippen MR) is 66.9 cm³/mol. The lowest BCUT2D eigenvalue weighted by atomic mass is 10.0. The number of hydrogen-bond acceptors (Lipinski definition) is 4. The lowest BCUT2D eigenvalue weighted by Gasteiger charge is -2.10.